The lowest BCUT2D eigenvalue weighted by atomic mass is 9.98. The molecule has 1 unspecified atom stereocenters. The normalized spacial score (nSPS) is 13.6. The van der Waals surface area contributed by atoms with Crippen LogP contribution in [0, 0.1) is 6.92 Å². The van der Waals surface area contributed by atoms with E-state index in [9.17, 15) is 0 Å². The molecule has 0 bridgehead atoms. The van der Waals surface area contributed by atoms with Gasteiger partial charge in [0.15, 0.2) is 0 Å². The largest absolute Gasteiger partial charge is 0.386 e. The summed E-state index contributed by atoms with van der Waals surface area (Å²) in [4.78, 5) is 6.06. The molecule has 0 aliphatic carbocycles. The first kappa shape index (κ1) is 13.8. The summed E-state index contributed by atoms with van der Waals surface area (Å²) in [5.41, 5.74) is 8.00. The van der Waals surface area contributed by atoms with E-state index in [4.69, 9.17) is 17.3 Å². The number of aromatic nitrogens is 1. The summed E-state index contributed by atoms with van der Waals surface area (Å²) in [5.74, 6) is 1.17. The molecule has 1 aromatic rings. The van der Waals surface area contributed by atoms with Gasteiger partial charge in [-0.15, -0.1) is 0 Å². The van der Waals surface area contributed by atoms with E-state index >= 15 is 0 Å². The highest BCUT2D eigenvalue weighted by Crippen LogP contribution is 2.22. The number of hydrogen-bond donors (Lipinski definition) is 1. The van der Waals surface area contributed by atoms with Gasteiger partial charge in [0, 0.05) is 19.8 Å². The second-order valence-corrected chi connectivity index (χ2v) is 4.91. The predicted molar refractivity (Wildman–Crippen MR) is 73.0 cm³/mol. The summed E-state index contributed by atoms with van der Waals surface area (Å²) < 4.78 is 0. The van der Waals surface area contributed by atoms with Crippen LogP contribution in [0.4, 0.5) is 0 Å². The first-order valence-electron chi connectivity index (χ1n) is 5.67. The van der Waals surface area contributed by atoms with Gasteiger partial charge in [0.05, 0.1) is 5.82 Å². The van der Waals surface area contributed by atoms with Gasteiger partial charge in [-0.3, -0.25) is 0 Å². The number of allylic oxidation sites excluding steroid dienone is 1. The average Bonchev–Trinajstić information content (AvgIpc) is 2.23. The van der Waals surface area contributed by atoms with Gasteiger partial charge in [0.2, 0.25) is 0 Å². The van der Waals surface area contributed by atoms with Crippen LogP contribution in [0.3, 0.4) is 0 Å². The zero-order valence-electron chi connectivity index (χ0n) is 10.9. The van der Waals surface area contributed by atoms with E-state index in [1.807, 2.05) is 38.1 Å². The van der Waals surface area contributed by atoms with Crippen molar-refractivity contribution >= 4 is 11.6 Å². The number of pyridine rings is 1. The van der Waals surface area contributed by atoms with Crippen LogP contribution in [0.2, 0.25) is 5.15 Å². The summed E-state index contributed by atoms with van der Waals surface area (Å²) >= 11 is 5.95. The van der Waals surface area contributed by atoms with Crippen molar-refractivity contribution in [3.05, 3.63) is 40.4 Å². The third-order valence-corrected chi connectivity index (χ3v) is 2.90. The van der Waals surface area contributed by atoms with Crippen LogP contribution in [0.1, 0.15) is 30.5 Å². The first-order chi connectivity index (χ1) is 7.90. The maximum Gasteiger partial charge on any atom is 0.129 e. The van der Waals surface area contributed by atoms with Crippen molar-refractivity contribution in [1.29, 1.82) is 0 Å². The van der Waals surface area contributed by atoms with E-state index in [0.717, 1.165) is 17.9 Å². The van der Waals surface area contributed by atoms with Crippen LogP contribution in [0.25, 0.3) is 0 Å². The monoisotopic (exact) mass is 253 g/mol. The molecule has 1 heterocycles. The lowest BCUT2D eigenvalue weighted by Crippen LogP contribution is -2.18. The molecule has 3 nitrogen and oxygen atoms in total. The summed E-state index contributed by atoms with van der Waals surface area (Å²) in [6.45, 7) is 4.11. The Labute approximate surface area is 108 Å². The Hall–Kier alpha value is -1.22. The molecule has 0 spiro atoms. The molecule has 1 atom stereocenters. The lowest BCUT2D eigenvalue weighted by molar-refractivity contribution is 0.500. The van der Waals surface area contributed by atoms with E-state index in [1.165, 1.54) is 5.56 Å². The van der Waals surface area contributed by atoms with E-state index in [0.29, 0.717) is 11.1 Å². The van der Waals surface area contributed by atoms with Crippen LogP contribution < -0.4 is 5.73 Å². The second-order valence-electron chi connectivity index (χ2n) is 4.52. The Morgan fingerprint density at radius 3 is 2.71 bits per heavy atom. The van der Waals surface area contributed by atoms with Crippen LogP contribution in [-0.2, 0) is 0 Å². The summed E-state index contributed by atoms with van der Waals surface area (Å²) in [6, 6.07) is 3.98. The minimum atomic E-state index is 0.382. The van der Waals surface area contributed by atoms with Crippen molar-refractivity contribution in [1.82, 2.24) is 9.88 Å². The van der Waals surface area contributed by atoms with E-state index in [2.05, 4.69) is 18.0 Å². The van der Waals surface area contributed by atoms with Crippen LogP contribution in [-0.4, -0.2) is 24.0 Å². The van der Waals surface area contributed by atoms with Crippen LogP contribution in [0.5, 0.6) is 0 Å². The molecule has 2 N–H and O–H groups in total. The number of halogens is 1. The number of aryl methyl sites for hydroxylation is 1. The first-order valence-corrected chi connectivity index (χ1v) is 6.05. The molecule has 1 aromatic heterocycles. The van der Waals surface area contributed by atoms with E-state index in [1.54, 1.807) is 0 Å². The maximum atomic E-state index is 5.95. The minimum Gasteiger partial charge on any atom is -0.386 e. The minimum absolute atomic E-state index is 0.382. The zero-order chi connectivity index (χ0) is 13.0. The van der Waals surface area contributed by atoms with Crippen LogP contribution in [0.15, 0.2) is 24.0 Å². The average molecular weight is 254 g/mol. The number of nitrogens with zero attached hydrogens (tertiary/aromatic N) is 2. The van der Waals surface area contributed by atoms with E-state index in [-0.39, 0.29) is 0 Å². The molecular formula is C13H20ClN3. The number of rotatable bonds is 4. The van der Waals surface area contributed by atoms with Crippen molar-refractivity contribution < 1.29 is 0 Å². The molecule has 0 fully saturated rings. The molecule has 17 heavy (non-hydrogen) atoms. The van der Waals surface area contributed by atoms with Gasteiger partial charge in [-0.2, -0.15) is 0 Å². The van der Waals surface area contributed by atoms with Crippen molar-refractivity contribution in [2.75, 3.05) is 14.1 Å². The van der Waals surface area contributed by atoms with E-state index < -0.39 is 0 Å². The summed E-state index contributed by atoms with van der Waals surface area (Å²) in [5, 5.41) is 0.552. The molecule has 0 aliphatic heterocycles. The highest BCUT2D eigenvalue weighted by Gasteiger charge is 2.07. The van der Waals surface area contributed by atoms with Crippen molar-refractivity contribution in [2.24, 2.45) is 5.73 Å². The lowest BCUT2D eigenvalue weighted by Gasteiger charge is -2.15. The summed E-state index contributed by atoms with van der Waals surface area (Å²) in [7, 11) is 3.87. The number of hydrogen-bond acceptors (Lipinski definition) is 3. The Morgan fingerprint density at radius 1 is 1.53 bits per heavy atom. The van der Waals surface area contributed by atoms with Gasteiger partial charge in [-0.05, 0) is 43.0 Å². The van der Waals surface area contributed by atoms with Crippen molar-refractivity contribution in [3.63, 3.8) is 0 Å². The van der Waals surface area contributed by atoms with Crippen LogP contribution >= 0.6 is 11.6 Å². The molecule has 1 rings (SSSR count). The van der Waals surface area contributed by atoms with Crippen molar-refractivity contribution in [3.8, 4) is 0 Å². The Balaban J connectivity index is 2.76. The Morgan fingerprint density at radius 2 is 2.18 bits per heavy atom. The molecule has 0 saturated heterocycles. The Bertz CT molecular complexity index is 393. The molecule has 0 amide bonds. The fourth-order valence-electron chi connectivity index (χ4n) is 1.55. The van der Waals surface area contributed by atoms with Gasteiger partial charge >= 0.3 is 0 Å². The topological polar surface area (TPSA) is 42.1 Å². The van der Waals surface area contributed by atoms with Gasteiger partial charge in [-0.25, -0.2) is 4.98 Å². The quantitative estimate of drug-likeness (QED) is 0.839. The predicted octanol–water partition coefficient (Wildman–Crippen LogP) is 2.90. The highest BCUT2D eigenvalue weighted by molar-refractivity contribution is 6.29. The number of nitrogens with two attached hydrogens (primary N) is 1. The molecule has 0 aliphatic rings. The SMILES string of the molecule is Cc1cc(C(C)C/C=C(\N)N(C)C)cc(Cl)n1. The van der Waals surface area contributed by atoms with Gasteiger partial charge in [0.1, 0.15) is 5.15 Å². The molecule has 0 aromatic carbocycles. The molecule has 0 radical (unpaired) electrons. The fraction of sp³-hybridized carbons (Fsp3) is 0.462. The third-order valence-electron chi connectivity index (χ3n) is 2.71. The zero-order valence-corrected chi connectivity index (χ0v) is 11.6. The fourth-order valence-corrected chi connectivity index (χ4v) is 1.81. The van der Waals surface area contributed by atoms with Gasteiger partial charge in [0.25, 0.3) is 0 Å². The standard InChI is InChI=1S/C13H20ClN3/c1-9(5-6-13(15)17(3)4)11-7-10(2)16-12(14)8-11/h6-9H,5,15H2,1-4H3/b13-6+. The molecular weight excluding hydrogens is 234 g/mol. The second kappa shape index (κ2) is 5.92. The van der Waals surface area contributed by atoms with Crippen molar-refractivity contribution in [2.45, 2.75) is 26.2 Å². The molecule has 4 heteroatoms. The Kier molecular flexibility index (Phi) is 4.82. The van der Waals surface area contributed by atoms with Gasteiger partial charge < -0.3 is 10.6 Å². The smallest absolute Gasteiger partial charge is 0.129 e. The highest BCUT2D eigenvalue weighted by atomic mass is 35.5. The third kappa shape index (κ3) is 4.27. The van der Waals surface area contributed by atoms with Gasteiger partial charge in [-0.1, -0.05) is 18.5 Å². The summed E-state index contributed by atoms with van der Waals surface area (Å²) in [6.07, 6.45) is 2.93. The molecule has 94 valence electrons. The molecule has 0 saturated carbocycles. The maximum absolute atomic E-state index is 5.95.